The smallest absolute Gasteiger partial charge is 0.223 e. The largest absolute Gasteiger partial charge is 0.381 e. The molecule has 130 valence electrons. The molecule has 2 aliphatic rings. The molecule has 2 fully saturated rings. The Morgan fingerprint density at radius 1 is 1.27 bits per heavy atom. The highest BCUT2D eigenvalue weighted by Gasteiger charge is 2.35. The number of hydrogen-bond acceptors (Lipinski definition) is 3. The van der Waals surface area contributed by atoms with Crippen LogP contribution in [-0.4, -0.2) is 43.7 Å². The van der Waals surface area contributed by atoms with Crippen LogP contribution in [0.5, 0.6) is 0 Å². The van der Waals surface area contributed by atoms with Crippen LogP contribution in [0.1, 0.15) is 58.3 Å². The number of carbonyl (C=O) groups is 1. The number of hydrogen-bond donors (Lipinski definition) is 1. The lowest BCUT2D eigenvalue weighted by Crippen LogP contribution is -2.45. The average Bonchev–Trinajstić information content (AvgIpc) is 2.54. The first-order valence-corrected chi connectivity index (χ1v) is 8.75. The van der Waals surface area contributed by atoms with E-state index < -0.39 is 0 Å². The van der Waals surface area contributed by atoms with E-state index in [2.05, 4.69) is 4.90 Å². The molecule has 1 unspecified atom stereocenters. The van der Waals surface area contributed by atoms with Crippen LogP contribution in [0, 0.1) is 11.3 Å². The maximum absolute atomic E-state index is 12.7. The standard InChI is InChI=1S/C17H32N2O2.ClH/c1-2-21-13-15-7-6-10-19(12-15)16(20)11-17(14-18)8-4-3-5-9-17;/h15H,2-14,18H2,1H3;1H. The van der Waals surface area contributed by atoms with E-state index in [4.69, 9.17) is 10.5 Å². The SMILES string of the molecule is CCOCC1CCCN(C(=O)CC2(CN)CCCCC2)C1.Cl. The summed E-state index contributed by atoms with van der Waals surface area (Å²) in [4.78, 5) is 14.7. The molecular weight excluding hydrogens is 300 g/mol. The van der Waals surface area contributed by atoms with E-state index in [1.54, 1.807) is 0 Å². The highest BCUT2D eigenvalue weighted by molar-refractivity contribution is 5.85. The molecule has 0 spiro atoms. The Morgan fingerprint density at radius 2 is 2.00 bits per heavy atom. The lowest BCUT2D eigenvalue weighted by atomic mass is 9.71. The van der Waals surface area contributed by atoms with Crippen molar-refractivity contribution in [2.45, 2.75) is 58.3 Å². The lowest BCUT2D eigenvalue weighted by molar-refractivity contribution is -0.136. The Bertz CT molecular complexity index is 333. The second-order valence-electron chi connectivity index (χ2n) is 6.95. The number of piperidine rings is 1. The Morgan fingerprint density at radius 3 is 2.64 bits per heavy atom. The van der Waals surface area contributed by atoms with Crippen LogP contribution in [0.2, 0.25) is 0 Å². The topological polar surface area (TPSA) is 55.6 Å². The van der Waals surface area contributed by atoms with Crippen molar-refractivity contribution in [2.24, 2.45) is 17.1 Å². The monoisotopic (exact) mass is 332 g/mol. The Hall–Kier alpha value is -0.320. The maximum atomic E-state index is 12.7. The van der Waals surface area contributed by atoms with E-state index in [0.717, 1.165) is 45.6 Å². The van der Waals surface area contributed by atoms with E-state index in [1.165, 1.54) is 25.7 Å². The minimum atomic E-state index is 0. The summed E-state index contributed by atoms with van der Waals surface area (Å²) in [7, 11) is 0. The number of carbonyl (C=O) groups excluding carboxylic acids is 1. The molecule has 1 aliphatic heterocycles. The van der Waals surface area contributed by atoms with Crippen molar-refractivity contribution < 1.29 is 9.53 Å². The third-order valence-corrected chi connectivity index (χ3v) is 5.30. The number of nitrogens with two attached hydrogens (primary N) is 1. The van der Waals surface area contributed by atoms with Gasteiger partial charge in [0.05, 0.1) is 6.61 Å². The fourth-order valence-corrected chi connectivity index (χ4v) is 3.90. The maximum Gasteiger partial charge on any atom is 0.223 e. The molecular formula is C17H33ClN2O2. The van der Waals surface area contributed by atoms with Crippen molar-refractivity contribution in [3.05, 3.63) is 0 Å². The van der Waals surface area contributed by atoms with Crippen molar-refractivity contribution in [3.8, 4) is 0 Å². The first-order valence-electron chi connectivity index (χ1n) is 8.75. The van der Waals surface area contributed by atoms with Crippen LogP contribution in [0.4, 0.5) is 0 Å². The molecule has 5 heteroatoms. The van der Waals surface area contributed by atoms with Gasteiger partial charge in [-0.3, -0.25) is 4.79 Å². The van der Waals surface area contributed by atoms with Gasteiger partial charge in [-0.25, -0.2) is 0 Å². The first-order chi connectivity index (χ1) is 10.2. The molecule has 2 N–H and O–H groups in total. The van der Waals surface area contributed by atoms with Gasteiger partial charge in [0.1, 0.15) is 0 Å². The van der Waals surface area contributed by atoms with Gasteiger partial charge in [0.2, 0.25) is 5.91 Å². The van der Waals surface area contributed by atoms with Gasteiger partial charge in [0.15, 0.2) is 0 Å². The minimum absolute atomic E-state index is 0. The molecule has 0 aromatic carbocycles. The number of amides is 1. The summed E-state index contributed by atoms with van der Waals surface area (Å²) in [5, 5.41) is 0. The summed E-state index contributed by atoms with van der Waals surface area (Å²) in [6.45, 7) is 6.04. The van der Waals surface area contributed by atoms with Crippen molar-refractivity contribution in [2.75, 3.05) is 32.8 Å². The van der Waals surface area contributed by atoms with Crippen molar-refractivity contribution in [3.63, 3.8) is 0 Å². The average molecular weight is 333 g/mol. The van der Waals surface area contributed by atoms with Crippen LogP contribution in [0.25, 0.3) is 0 Å². The predicted molar refractivity (Wildman–Crippen MR) is 92.2 cm³/mol. The number of rotatable bonds is 6. The van der Waals surface area contributed by atoms with Crippen molar-refractivity contribution in [1.82, 2.24) is 4.90 Å². The molecule has 0 bridgehead atoms. The van der Waals surface area contributed by atoms with Crippen LogP contribution in [0.3, 0.4) is 0 Å². The van der Waals surface area contributed by atoms with Crippen LogP contribution in [-0.2, 0) is 9.53 Å². The predicted octanol–water partition coefficient (Wildman–Crippen LogP) is 2.98. The molecule has 4 nitrogen and oxygen atoms in total. The number of nitrogens with zero attached hydrogens (tertiary/aromatic N) is 1. The fraction of sp³-hybridized carbons (Fsp3) is 0.941. The fourth-order valence-electron chi connectivity index (χ4n) is 3.90. The molecule has 1 heterocycles. The molecule has 2 rings (SSSR count). The van der Waals surface area contributed by atoms with Crippen LogP contribution >= 0.6 is 12.4 Å². The summed E-state index contributed by atoms with van der Waals surface area (Å²) < 4.78 is 5.53. The molecule has 1 saturated carbocycles. The molecule has 0 aromatic heterocycles. The first kappa shape index (κ1) is 19.7. The van der Waals surface area contributed by atoms with E-state index in [1.807, 2.05) is 6.92 Å². The molecule has 0 aromatic rings. The molecule has 22 heavy (non-hydrogen) atoms. The van der Waals surface area contributed by atoms with Crippen LogP contribution < -0.4 is 5.73 Å². The number of likely N-dealkylation sites (tertiary alicyclic amines) is 1. The Kier molecular flexibility index (Phi) is 8.73. The molecule has 1 atom stereocenters. The van der Waals surface area contributed by atoms with Gasteiger partial charge in [-0.2, -0.15) is 0 Å². The minimum Gasteiger partial charge on any atom is -0.381 e. The second-order valence-corrected chi connectivity index (χ2v) is 6.95. The summed E-state index contributed by atoms with van der Waals surface area (Å²) in [5.41, 5.74) is 6.10. The zero-order chi connectivity index (χ0) is 15.1. The van der Waals surface area contributed by atoms with Gasteiger partial charge in [0.25, 0.3) is 0 Å². The van der Waals surface area contributed by atoms with E-state index in [9.17, 15) is 4.79 Å². The Balaban J connectivity index is 0.00000242. The molecule has 1 amide bonds. The molecule has 1 aliphatic carbocycles. The van der Waals surface area contributed by atoms with E-state index in [0.29, 0.717) is 24.8 Å². The zero-order valence-corrected chi connectivity index (χ0v) is 14.8. The third kappa shape index (κ3) is 5.39. The second kappa shape index (κ2) is 9.74. The summed E-state index contributed by atoms with van der Waals surface area (Å²) in [6, 6.07) is 0. The van der Waals surface area contributed by atoms with E-state index >= 15 is 0 Å². The van der Waals surface area contributed by atoms with Gasteiger partial charge in [0, 0.05) is 26.1 Å². The molecule has 0 radical (unpaired) electrons. The van der Waals surface area contributed by atoms with Gasteiger partial charge < -0.3 is 15.4 Å². The summed E-state index contributed by atoms with van der Waals surface area (Å²) in [6.07, 6.45) is 8.98. The number of ether oxygens (including phenoxy) is 1. The van der Waals surface area contributed by atoms with Gasteiger partial charge in [-0.1, -0.05) is 19.3 Å². The highest BCUT2D eigenvalue weighted by Crippen LogP contribution is 2.39. The van der Waals surface area contributed by atoms with E-state index in [-0.39, 0.29) is 17.8 Å². The van der Waals surface area contributed by atoms with Gasteiger partial charge >= 0.3 is 0 Å². The highest BCUT2D eigenvalue weighted by atomic mass is 35.5. The van der Waals surface area contributed by atoms with Gasteiger partial charge in [-0.15, -0.1) is 12.4 Å². The number of halogens is 1. The van der Waals surface area contributed by atoms with Crippen LogP contribution in [0.15, 0.2) is 0 Å². The third-order valence-electron chi connectivity index (χ3n) is 5.30. The molecule has 1 saturated heterocycles. The van der Waals surface area contributed by atoms with Crippen molar-refractivity contribution in [1.29, 1.82) is 0 Å². The summed E-state index contributed by atoms with van der Waals surface area (Å²) in [5.74, 6) is 0.839. The van der Waals surface area contributed by atoms with Crippen molar-refractivity contribution >= 4 is 18.3 Å². The summed E-state index contributed by atoms with van der Waals surface area (Å²) >= 11 is 0. The Labute approximate surface area is 141 Å². The lowest BCUT2D eigenvalue weighted by Gasteiger charge is -2.39. The normalized spacial score (nSPS) is 24.6. The quantitative estimate of drug-likeness (QED) is 0.813. The zero-order valence-electron chi connectivity index (χ0n) is 14.0. The van der Waals surface area contributed by atoms with Gasteiger partial charge in [-0.05, 0) is 50.5 Å².